The SMILES string of the molecule is Cc1ncsc1-c1ccc([C@H](C)NC(=O)[C@@H]2C[C@@H](O)CN2C(=O)[C@@H](NC(=O)COC2CC(N3CCN(c4ccc(C(=O)NC5C(C)(C)C(Oc6ccc(C#N)c(Cl)c6)C5(C)C)cn4)CC3)C2)C(C)(C)C)cc1. The maximum atomic E-state index is 14.2. The third-order valence-corrected chi connectivity index (χ3v) is 16.5. The molecule has 8 rings (SSSR count). The number of nitrogens with one attached hydrogen (secondary N) is 3. The number of nitrogens with zero attached hydrogens (tertiary/aromatic N) is 6. The van der Waals surface area contributed by atoms with Crippen molar-refractivity contribution in [3.8, 4) is 22.3 Å². The van der Waals surface area contributed by atoms with Gasteiger partial charge in [0.1, 0.15) is 42.4 Å². The summed E-state index contributed by atoms with van der Waals surface area (Å²) in [7, 11) is 0. The molecule has 72 heavy (non-hydrogen) atoms. The second-order valence-electron chi connectivity index (χ2n) is 22.2. The summed E-state index contributed by atoms with van der Waals surface area (Å²) in [4.78, 5) is 71.0. The van der Waals surface area contributed by atoms with E-state index in [1.165, 1.54) is 4.90 Å². The molecule has 16 nitrogen and oxygen atoms in total. The third-order valence-electron chi connectivity index (χ3n) is 15.2. The Bertz CT molecular complexity index is 2650. The van der Waals surface area contributed by atoms with Gasteiger partial charge in [0.2, 0.25) is 17.7 Å². The molecule has 2 aliphatic carbocycles. The van der Waals surface area contributed by atoms with E-state index in [9.17, 15) is 29.5 Å². The standard InChI is InChI=1S/C54H68ClN9O7S/c1-31(33-10-12-34(13-11-33)45-32(2)58-30-72-45)59-48(68)42-24-38(65)28-64(42)49(69)46(52(3,4)5)60-44(66)29-70-40-22-37(23-40)62-18-20-63(21-19-62)43-17-15-36(27-57-43)47(67)61-50-53(6,7)51(54(50,8)9)71-39-16-14-35(26-56)41(55)25-39/h10-17,25,27,30-31,37-38,40,42,46,50-51,65H,18-24,28-29H2,1-9H3,(H,59,68)(H,60,66)(H,61,67)/t31-,37?,38+,40?,42-,46+,50?,51?/m0/s1. The maximum absolute atomic E-state index is 14.2. The number of likely N-dealkylation sites (tertiary alicyclic amines) is 1. The molecule has 4 aromatic rings. The summed E-state index contributed by atoms with van der Waals surface area (Å²) in [5, 5.41) is 29.5. The fourth-order valence-corrected chi connectivity index (χ4v) is 12.2. The number of carbonyl (C=O) groups excluding carboxylic acids is 4. The minimum absolute atomic E-state index is 0.0103. The summed E-state index contributed by atoms with van der Waals surface area (Å²) in [6.07, 6.45) is 2.14. The van der Waals surface area contributed by atoms with Crippen LogP contribution in [0.25, 0.3) is 10.4 Å². The lowest BCUT2D eigenvalue weighted by atomic mass is 9.49. The van der Waals surface area contributed by atoms with Crippen molar-refractivity contribution in [2.24, 2.45) is 16.2 Å². The van der Waals surface area contributed by atoms with Crippen LogP contribution < -0.4 is 25.6 Å². The number of ether oxygens (including phenoxy) is 2. The van der Waals surface area contributed by atoms with E-state index in [1.54, 1.807) is 35.7 Å². The first kappa shape index (κ1) is 52.7. The number of β-amino-alcohol motifs (C(OH)–C–C–N with tert-alkyl or cyclic N) is 1. The van der Waals surface area contributed by atoms with E-state index in [2.05, 4.69) is 69.5 Å². The van der Waals surface area contributed by atoms with Crippen molar-refractivity contribution >= 4 is 52.4 Å². The Balaban J connectivity index is 0.759. The van der Waals surface area contributed by atoms with Crippen molar-refractivity contribution in [3.05, 3.63) is 93.7 Å². The van der Waals surface area contributed by atoms with Crippen molar-refractivity contribution < 1.29 is 33.8 Å². The Morgan fingerprint density at radius 1 is 0.958 bits per heavy atom. The largest absolute Gasteiger partial charge is 0.489 e. The third kappa shape index (κ3) is 11.1. The fourth-order valence-electron chi connectivity index (χ4n) is 11.2. The molecule has 4 heterocycles. The molecule has 4 aliphatic rings. The van der Waals surface area contributed by atoms with Crippen LogP contribution in [0, 0.1) is 34.5 Å². The normalized spacial score (nSPS) is 24.5. The minimum Gasteiger partial charge on any atom is -0.489 e. The second-order valence-corrected chi connectivity index (χ2v) is 23.4. The number of thiazole rings is 1. The molecule has 4 atom stereocenters. The van der Waals surface area contributed by atoms with Gasteiger partial charge in [0.15, 0.2) is 0 Å². The van der Waals surface area contributed by atoms with E-state index in [0.717, 1.165) is 66.5 Å². The summed E-state index contributed by atoms with van der Waals surface area (Å²) in [5.41, 5.74) is 4.13. The monoisotopic (exact) mass is 1020 g/mol. The number of aliphatic hydroxyl groups is 1. The number of aryl methyl sites for hydroxylation is 1. The van der Waals surface area contributed by atoms with E-state index < -0.39 is 46.2 Å². The molecule has 2 aromatic carbocycles. The average molecular weight is 1020 g/mol. The van der Waals surface area contributed by atoms with Gasteiger partial charge in [0, 0.05) is 74.3 Å². The van der Waals surface area contributed by atoms with Crippen LogP contribution >= 0.6 is 22.9 Å². The van der Waals surface area contributed by atoms with E-state index in [1.807, 2.05) is 76.5 Å². The number of aliphatic hydroxyl groups excluding tert-OH is 1. The first-order valence-electron chi connectivity index (χ1n) is 24.9. The molecule has 0 spiro atoms. The van der Waals surface area contributed by atoms with E-state index in [0.29, 0.717) is 27.9 Å². The van der Waals surface area contributed by atoms with Gasteiger partial charge in [-0.25, -0.2) is 9.97 Å². The van der Waals surface area contributed by atoms with Gasteiger partial charge in [-0.05, 0) is 67.5 Å². The summed E-state index contributed by atoms with van der Waals surface area (Å²) >= 11 is 7.84. The van der Waals surface area contributed by atoms with Crippen LogP contribution in [0.4, 0.5) is 5.82 Å². The van der Waals surface area contributed by atoms with Crippen molar-refractivity contribution in [2.75, 3.05) is 44.2 Å². The topological polar surface area (TPSA) is 202 Å². The molecule has 384 valence electrons. The van der Waals surface area contributed by atoms with Gasteiger partial charge in [0.25, 0.3) is 5.91 Å². The van der Waals surface area contributed by atoms with Crippen LogP contribution in [0.15, 0.2) is 66.3 Å². The zero-order chi connectivity index (χ0) is 51.9. The Labute approximate surface area is 431 Å². The van der Waals surface area contributed by atoms with Gasteiger partial charge in [-0.2, -0.15) is 5.26 Å². The molecule has 0 bridgehead atoms. The van der Waals surface area contributed by atoms with Crippen LogP contribution in [0.5, 0.6) is 5.75 Å². The highest BCUT2D eigenvalue weighted by atomic mass is 35.5. The van der Waals surface area contributed by atoms with Crippen molar-refractivity contribution in [1.82, 2.24) is 35.7 Å². The summed E-state index contributed by atoms with van der Waals surface area (Å²) in [6, 6.07) is 16.8. The Morgan fingerprint density at radius 2 is 1.65 bits per heavy atom. The Kier molecular flexibility index (Phi) is 15.4. The highest BCUT2D eigenvalue weighted by molar-refractivity contribution is 7.13. The Hall–Kier alpha value is -5.64. The predicted molar refractivity (Wildman–Crippen MR) is 277 cm³/mol. The molecule has 0 unspecified atom stereocenters. The quantitative estimate of drug-likeness (QED) is 0.0985. The number of amides is 4. The van der Waals surface area contributed by atoms with E-state index >= 15 is 0 Å². The van der Waals surface area contributed by atoms with Crippen LogP contribution in [0.1, 0.15) is 108 Å². The number of pyridine rings is 1. The first-order valence-corrected chi connectivity index (χ1v) is 26.1. The lowest BCUT2D eigenvalue weighted by Crippen LogP contribution is -2.74. The first-order chi connectivity index (χ1) is 34.0. The lowest BCUT2D eigenvalue weighted by molar-refractivity contribution is -0.164. The number of anilines is 1. The van der Waals surface area contributed by atoms with Gasteiger partial charge in [-0.3, -0.25) is 24.1 Å². The number of piperazine rings is 1. The summed E-state index contributed by atoms with van der Waals surface area (Å²) < 4.78 is 12.4. The van der Waals surface area contributed by atoms with Crippen LogP contribution in [0.2, 0.25) is 5.02 Å². The highest BCUT2D eigenvalue weighted by Crippen LogP contribution is 2.55. The number of hydrogen-bond acceptors (Lipinski definition) is 13. The number of benzene rings is 2. The van der Waals surface area contributed by atoms with Gasteiger partial charge in [0.05, 0.1) is 50.5 Å². The van der Waals surface area contributed by atoms with Gasteiger partial charge < -0.3 is 40.3 Å². The fraction of sp³-hybridized carbons (Fsp3) is 0.537. The number of carbonyl (C=O) groups is 4. The summed E-state index contributed by atoms with van der Waals surface area (Å²) in [6.45, 7) is 20.8. The van der Waals surface area contributed by atoms with Crippen LogP contribution in [-0.2, 0) is 19.1 Å². The van der Waals surface area contributed by atoms with Crippen LogP contribution in [0.3, 0.4) is 0 Å². The van der Waals surface area contributed by atoms with Crippen molar-refractivity contribution in [2.45, 2.75) is 130 Å². The van der Waals surface area contributed by atoms with E-state index in [4.69, 9.17) is 21.1 Å². The number of nitriles is 1. The molecule has 2 aliphatic heterocycles. The minimum atomic E-state index is -0.952. The molecule has 4 amide bonds. The molecule has 18 heteroatoms. The van der Waals surface area contributed by atoms with Crippen LogP contribution in [-0.4, -0.2) is 130 Å². The predicted octanol–water partition coefficient (Wildman–Crippen LogP) is 6.69. The average Bonchev–Trinajstić information content (AvgIpc) is 3.95. The van der Waals surface area contributed by atoms with Crippen molar-refractivity contribution in [3.63, 3.8) is 0 Å². The summed E-state index contributed by atoms with van der Waals surface area (Å²) in [5.74, 6) is -0.00283. The molecular formula is C54H68ClN9O7S. The van der Waals surface area contributed by atoms with E-state index in [-0.39, 0.29) is 55.7 Å². The molecule has 4 N–H and O–H groups in total. The molecular weight excluding hydrogens is 954 g/mol. The highest BCUT2D eigenvalue weighted by Gasteiger charge is 2.64. The molecule has 4 fully saturated rings. The number of rotatable bonds is 15. The molecule has 2 saturated carbocycles. The van der Waals surface area contributed by atoms with Crippen molar-refractivity contribution in [1.29, 1.82) is 5.26 Å². The zero-order valence-electron chi connectivity index (χ0n) is 42.7. The molecule has 2 aromatic heterocycles. The molecule has 2 saturated heterocycles. The smallest absolute Gasteiger partial charge is 0.253 e. The molecule has 0 radical (unpaired) electrons. The number of aromatic nitrogens is 2. The van der Waals surface area contributed by atoms with Gasteiger partial charge >= 0.3 is 0 Å². The Morgan fingerprint density at radius 3 is 2.25 bits per heavy atom. The number of hydrogen-bond donors (Lipinski definition) is 4. The maximum Gasteiger partial charge on any atom is 0.253 e. The van der Waals surface area contributed by atoms with Gasteiger partial charge in [-0.1, -0.05) is 84.3 Å². The zero-order valence-corrected chi connectivity index (χ0v) is 44.3. The van der Waals surface area contributed by atoms with Gasteiger partial charge in [-0.15, -0.1) is 11.3 Å². The second kappa shape index (κ2) is 21.1. The lowest BCUT2D eigenvalue weighted by Gasteiger charge is -2.63. The number of halogens is 1.